The van der Waals surface area contributed by atoms with Crippen LogP contribution in [-0.2, 0) is 4.43 Å². The molecule has 0 unspecified atom stereocenters. The Kier molecular flexibility index (Phi) is 7.61. The van der Waals surface area contributed by atoms with Crippen LogP contribution >= 0.6 is 22.6 Å². The average molecular weight is 378 g/mol. The summed E-state index contributed by atoms with van der Waals surface area (Å²) in [5, 5.41) is 0. The molecule has 0 spiro atoms. The summed E-state index contributed by atoms with van der Waals surface area (Å²) in [6.45, 7) is 1.07. The van der Waals surface area contributed by atoms with Crippen molar-refractivity contribution in [2.45, 2.75) is 64.2 Å². The fourth-order valence-electron chi connectivity index (χ4n) is 3.98. The number of alkyl halides is 1. The molecule has 2 fully saturated rings. The smallest absolute Gasteiger partial charge is 0.240 e. The van der Waals surface area contributed by atoms with Crippen molar-refractivity contribution in [2.24, 2.45) is 17.8 Å². The molecular weight excluding hydrogens is 351 g/mol. The van der Waals surface area contributed by atoms with Crippen LogP contribution in [0.3, 0.4) is 0 Å². The predicted molar refractivity (Wildman–Crippen MR) is 87.2 cm³/mol. The van der Waals surface area contributed by atoms with Gasteiger partial charge in [0.2, 0.25) is 9.76 Å². The first-order valence-electron chi connectivity index (χ1n) is 7.82. The van der Waals surface area contributed by atoms with E-state index in [4.69, 9.17) is 4.43 Å². The number of hydrogen-bond acceptors (Lipinski definition) is 1. The quantitative estimate of drug-likeness (QED) is 0.279. The first-order chi connectivity index (χ1) is 8.92. The molecule has 2 aliphatic rings. The maximum Gasteiger partial charge on any atom is 0.240 e. The molecule has 0 bridgehead atoms. The van der Waals surface area contributed by atoms with Gasteiger partial charge in [-0.1, -0.05) is 86.8 Å². The second-order valence-corrected chi connectivity index (χ2v) is 9.18. The number of rotatable bonds is 6. The van der Waals surface area contributed by atoms with E-state index in [2.05, 4.69) is 22.6 Å². The molecule has 3 heteroatoms. The molecule has 0 aromatic heterocycles. The molecule has 0 amide bonds. The molecule has 18 heavy (non-hydrogen) atoms. The fraction of sp³-hybridized carbons (Fsp3) is 1.00. The highest BCUT2D eigenvalue weighted by Gasteiger charge is 2.31. The van der Waals surface area contributed by atoms with E-state index < -0.39 is 0 Å². The summed E-state index contributed by atoms with van der Waals surface area (Å²) in [4.78, 5) is 0. The lowest BCUT2D eigenvalue weighted by atomic mass is 9.70. The van der Waals surface area contributed by atoms with Gasteiger partial charge in [0, 0.05) is 10.7 Å². The van der Waals surface area contributed by atoms with E-state index >= 15 is 0 Å². The van der Waals surface area contributed by atoms with Crippen LogP contribution in [0.25, 0.3) is 0 Å². The summed E-state index contributed by atoms with van der Waals surface area (Å²) in [6.07, 6.45) is 14.8. The van der Waals surface area contributed by atoms with Crippen LogP contribution in [0.2, 0.25) is 0 Å². The summed E-state index contributed by atoms with van der Waals surface area (Å²) in [6, 6.07) is 0. The predicted octanol–water partition coefficient (Wildman–Crippen LogP) is 4.79. The van der Waals surface area contributed by atoms with Crippen molar-refractivity contribution in [3.8, 4) is 0 Å². The molecule has 2 radical (unpaired) electrons. The van der Waals surface area contributed by atoms with Gasteiger partial charge >= 0.3 is 0 Å². The largest absolute Gasteiger partial charge is 0.416 e. The summed E-state index contributed by atoms with van der Waals surface area (Å²) < 4.78 is 7.14. The van der Waals surface area contributed by atoms with Gasteiger partial charge in [-0.05, 0) is 17.8 Å². The maximum atomic E-state index is 5.97. The molecule has 1 nitrogen and oxygen atoms in total. The van der Waals surface area contributed by atoms with Gasteiger partial charge in [0.1, 0.15) is 0 Å². The van der Waals surface area contributed by atoms with Gasteiger partial charge in [0.05, 0.1) is 0 Å². The van der Waals surface area contributed by atoms with Crippen molar-refractivity contribution in [2.75, 3.05) is 10.7 Å². The number of halogens is 1. The lowest BCUT2D eigenvalue weighted by molar-refractivity contribution is 0.0915. The van der Waals surface area contributed by atoms with Crippen LogP contribution in [0.4, 0.5) is 0 Å². The minimum Gasteiger partial charge on any atom is -0.416 e. The molecule has 2 aliphatic carbocycles. The monoisotopic (exact) mass is 378 g/mol. The Morgan fingerprint density at radius 3 is 1.83 bits per heavy atom. The SMILES string of the molecule is IC[Si]OCC(C1CCCCC1)C1CCCCC1. The first kappa shape index (κ1) is 15.3. The van der Waals surface area contributed by atoms with Crippen LogP contribution in [0.15, 0.2) is 0 Å². The second-order valence-electron chi connectivity index (χ2n) is 6.05. The highest BCUT2D eigenvalue weighted by atomic mass is 127. The fourth-order valence-corrected chi connectivity index (χ4v) is 5.02. The van der Waals surface area contributed by atoms with Crippen molar-refractivity contribution < 1.29 is 4.43 Å². The molecule has 0 aromatic carbocycles. The Labute approximate surface area is 129 Å². The van der Waals surface area contributed by atoms with Crippen LogP contribution in [0.5, 0.6) is 0 Å². The highest BCUT2D eigenvalue weighted by Crippen LogP contribution is 2.39. The zero-order chi connectivity index (χ0) is 12.6. The molecule has 2 saturated carbocycles. The van der Waals surface area contributed by atoms with E-state index in [0.717, 1.165) is 34.1 Å². The van der Waals surface area contributed by atoms with Crippen LogP contribution < -0.4 is 0 Å². The van der Waals surface area contributed by atoms with Crippen molar-refractivity contribution in [3.05, 3.63) is 0 Å². The minimum absolute atomic E-state index is 0.723. The molecule has 2 rings (SSSR count). The lowest BCUT2D eigenvalue weighted by Crippen LogP contribution is -2.31. The molecule has 0 N–H and O–H groups in total. The zero-order valence-electron chi connectivity index (χ0n) is 11.5. The van der Waals surface area contributed by atoms with E-state index in [9.17, 15) is 0 Å². The van der Waals surface area contributed by atoms with Crippen molar-refractivity contribution in [3.63, 3.8) is 0 Å². The normalized spacial score (nSPS) is 23.7. The van der Waals surface area contributed by atoms with E-state index in [1.807, 2.05) is 0 Å². The maximum absolute atomic E-state index is 5.97. The van der Waals surface area contributed by atoms with Crippen LogP contribution in [0.1, 0.15) is 64.2 Å². The van der Waals surface area contributed by atoms with E-state index in [0.29, 0.717) is 0 Å². The summed E-state index contributed by atoms with van der Waals surface area (Å²) in [7, 11) is 0.723. The summed E-state index contributed by atoms with van der Waals surface area (Å²) in [5.41, 5.74) is 0. The third kappa shape index (κ3) is 4.78. The number of hydrogen-bond donors (Lipinski definition) is 0. The molecule has 0 heterocycles. The molecule has 0 aliphatic heterocycles. The van der Waals surface area contributed by atoms with Gasteiger partial charge in [0.15, 0.2) is 0 Å². The van der Waals surface area contributed by atoms with Crippen LogP contribution in [-0.4, -0.2) is 20.4 Å². The molecule has 104 valence electrons. The zero-order valence-corrected chi connectivity index (χ0v) is 14.7. The Morgan fingerprint density at radius 2 is 1.39 bits per heavy atom. The van der Waals surface area contributed by atoms with Gasteiger partial charge in [-0.25, -0.2) is 0 Å². The van der Waals surface area contributed by atoms with Gasteiger partial charge in [0.25, 0.3) is 0 Å². The molecule has 0 aromatic rings. The van der Waals surface area contributed by atoms with Gasteiger partial charge < -0.3 is 4.43 Å². The minimum atomic E-state index is 0.723. The molecular formula is C15H27IOSi. The Bertz CT molecular complexity index is 195. The van der Waals surface area contributed by atoms with E-state index in [1.165, 1.54) is 68.3 Å². The van der Waals surface area contributed by atoms with E-state index in [1.54, 1.807) is 0 Å². The van der Waals surface area contributed by atoms with Crippen molar-refractivity contribution >= 4 is 32.4 Å². The molecule has 0 saturated heterocycles. The summed E-state index contributed by atoms with van der Waals surface area (Å²) in [5.74, 6) is 2.86. The van der Waals surface area contributed by atoms with E-state index in [-0.39, 0.29) is 0 Å². The Balaban J connectivity index is 1.87. The summed E-state index contributed by atoms with van der Waals surface area (Å²) >= 11 is 2.43. The third-order valence-corrected chi connectivity index (χ3v) is 6.36. The second kappa shape index (κ2) is 8.96. The topological polar surface area (TPSA) is 9.23 Å². The standard InChI is InChI=1S/C15H27IOSi/c16-12-18-17-11-15(13-7-3-1-4-8-13)14-9-5-2-6-10-14/h13-15H,1-12H2. The van der Waals surface area contributed by atoms with Crippen LogP contribution in [0, 0.1) is 17.8 Å². The van der Waals surface area contributed by atoms with Crippen molar-refractivity contribution in [1.29, 1.82) is 0 Å². The van der Waals surface area contributed by atoms with Gasteiger partial charge in [-0.15, -0.1) is 0 Å². The third-order valence-electron chi connectivity index (χ3n) is 4.94. The van der Waals surface area contributed by atoms with Gasteiger partial charge in [-0.2, -0.15) is 0 Å². The average Bonchev–Trinajstić information content (AvgIpc) is 2.46. The Morgan fingerprint density at radius 1 is 0.889 bits per heavy atom. The van der Waals surface area contributed by atoms with Crippen molar-refractivity contribution in [1.82, 2.24) is 0 Å². The Hall–Kier alpha value is 0.907. The first-order valence-corrected chi connectivity index (χ1v) is 10.5. The van der Waals surface area contributed by atoms with Gasteiger partial charge in [-0.3, -0.25) is 0 Å². The highest BCUT2D eigenvalue weighted by molar-refractivity contribution is 14.1. The lowest BCUT2D eigenvalue weighted by Gasteiger charge is -2.37. The molecule has 0 atom stereocenters.